The zero-order valence-corrected chi connectivity index (χ0v) is 15.9. The topological polar surface area (TPSA) is 55.8 Å². The highest BCUT2D eigenvalue weighted by Gasteiger charge is 2.55. The number of nitrogens with zero attached hydrogens (tertiary/aromatic N) is 1. The number of hydrogen-bond acceptors (Lipinski definition) is 4. The molecule has 1 unspecified atom stereocenters. The molecule has 1 saturated heterocycles. The number of alkyl halides is 1. The van der Waals surface area contributed by atoms with Gasteiger partial charge in [-0.1, -0.05) is 83.3 Å². The van der Waals surface area contributed by atoms with Crippen LogP contribution in [-0.2, 0) is 20.9 Å². The predicted octanol–water partition coefficient (Wildman–Crippen LogP) is 4.07. The molecule has 0 spiro atoms. The highest BCUT2D eigenvalue weighted by atomic mass is 127. The molecule has 0 bridgehead atoms. The molecule has 0 radical (unpaired) electrons. The molecule has 0 saturated carbocycles. The maximum atomic E-state index is 12.8. The van der Waals surface area contributed by atoms with Crippen LogP contribution in [0.4, 0.5) is 4.79 Å². The zero-order chi connectivity index (χ0) is 17.9. The van der Waals surface area contributed by atoms with Crippen molar-refractivity contribution in [1.29, 1.82) is 0 Å². The third-order valence-electron chi connectivity index (χ3n) is 4.17. The van der Waals surface area contributed by atoms with Crippen LogP contribution in [0.1, 0.15) is 24.3 Å². The summed E-state index contributed by atoms with van der Waals surface area (Å²) in [4.78, 5) is 26.6. The van der Waals surface area contributed by atoms with Gasteiger partial charge in [0.1, 0.15) is 6.61 Å². The first-order chi connectivity index (χ1) is 12.1. The lowest BCUT2D eigenvalue weighted by Crippen LogP contribution is -2.51. The lowest BCUT2D eigenvalue weighted by molar-refractivity contribution is -0.144. The third-order valence-corrected chi connectivity index (χ3v) is 5.66. The number of halogens is 1. The molecule has 1 aliphatic rings. The molecule has 0 aliphatic carbocycles. The summed E-state index contributed by atoms with van der Waals surface area (Å²) in [7, 11) is 0. The maximum absolute atomic E-state index is 12.8. The van der Waals surface area contributed by atoms with E-state index in [2.05, 4.69) is 22.6 Å². The highest BCUT2D eigenvalue weighted by molar-refractivity contribution is 14.1. The van der Waals surface area contributed by atoms with E-state index in [0.29, 0.717) is 4.43 Å². The molecule has 5 nitrogen and oxygen atoms in total. The van der Waals surface area contributed by atoms with E-state index in [1.807, 2.05) is 60.7 Å². The molecule has 3 rings (SSSR count). The van der Waals surface area contributed by atoms with E-state index < -0.39 is 23.8 Å². The quantitative estimate of drug-likeness (QED) is 0.400. The summed E-state index contributed by atoms with van der Waals surface area (Å²) in [5.41, 5.74) is 0.560. The molecule has 2 aromatic carbocycles. The molecule has 1 fully saturated rings. The van der Waals surface area contributed by atoms with Gasteiger partial charge in [-0.05, 0) is 12.5 Å². The molecule has 130 valence electrons. The van der Waals surface area contributed by atoms with E-state index in [4.69, 9.17) is 9.47 Å². The van der Waals surface area contributed by atoms with Crippen LogP contribution in [0, 0.1) is 0 Å². The van der Waals surface area contributed by atoms with Gasteiger partial charge < -0.3 is 9.47 Å². The van der Waals surface area contributed by atoms with Gasteiger partial charge in [-0.25, -0.2) is 9.59 Å². The van der Waals surface area contributed by atoms with Gasteiger partial charge in [0.25, 0.3) is 0 Å². The van der Waals surface area contributed by atoms with E-state index >= 15 is 0 Å². The number of cyclic esters (lactones) is 1. The summed E-state index contributed by atoms with van der Waals surface area (Å²) < 4.78 is 11.4. The average molecular weight is 451 g/mol. The van der Waals surface area contributed by atoms with Gasteiger partial charge in [0.05, 0.1) is 0 Å². The molecular weight excluding hydrogens is 433 g/mol. The number of rotatable bonds is 4. The number of amides is 1. The van der Waals surface area contributed by atoms with E-state index in [0.717, 1.165) is 11.1 Å². The molecular formula is C19H18INO4. The fraction of sp³-hybridized carbons (Fsp3) is 0.263. The van der Waals surface area contributed by atoms with E-state index in [1.54, 1.807) is 6.92 Å². The number of carbonyl (C=O) groups excluding carboxylic acids is 2. The molecule has 1 aliphatic heterocycles. The Labute approximate surface area is 160 Å². The van der Waals surface area contributed by atoms with Crippen LogP contribution >= 0.6 is 22.6 Å². The van der Waals surface area contributed by atoms with Gasteiger partial charge in [-0.15, -0.1) is 0 Å². The lowest BCUT2D eigenvalue weighted by Gasteiger charge is -2.31. The SMILES string of the molecule is CC1(CI)C(=O)O[C@@H](c2ccccc2)N1C(=O)OCc1ccccc1. The smallest absolute Gasteiger partial charge is 0.414 e. The van der Waals surface area contributed by atoms with Crippen LogP contribution in [0.2, 0.25) is 0 Å². The summed E-state index contributed by atoms with van der Waals surface area (Å²) >= 11 is 2.09. The second-order valence-electron chi connectivity index (χ2n) is 5.99. The van der Waals surface area contributed by atoms with Gasteiger partial charge >= 0.3 is 12.1 Å². The normalized spacial score (nSPS) is 22.6. The third kappa shape index (κ3) is 3.49. The van der Waals surface area contributed by atoms with Crippen LogP contribution in [0.15, 0.2) is 60.7 Å². The van der Waals surface area contributed by atoms with Crippen LogP contribution < -0.4 is 0 Å². The fourth-order valence-electron chi connectivity index (χ4n) is 2.68. The monoisotopic (exact) mass is 451 g/mol. The zero-order valence-electron chi connectivity index (χ0n) is 13.7. The molecule has 6 heteroatoms. The first-order valence-electron chi connectivity index (χ1n) is 7.88. The summed E-state index contributed by atoms with van der Waals surface area (Å²) in [5.74, 6) is -0.424. The Hall–Kier alpha value is -2.09. The number of ether oxygens (including phenoxy) is 2. The minimum Gasteiger partial charge on any atom is -0.444 e. The van der Waals surface area contributed by atoms with Crippen LogP contribution in [0.3, 0.4) is 0 Å². The van der Waals surface area contributed by atoms with Gasteiger partial charge in [0.2, 0.25) is 6.23 Å². The highest BCUT2D eigenvalue weighted by Crippen LogP contribution is 2.39. The van der Waals surface area contributed by atoms with Gasteiger partial charge in [0, 0.05) is 9.99 Å². The second-order valence-corrected chi connectivity index (χ2v) is 6.75. The number of carbonyl (C=O) groups is 2. The van der Waals surface area contributed by atoms with E-state index in [9.17, 15) is 9.59 Å². The molecule has 1 amide bonds. The van der Waals surface area contributed by atoms with Crippen molar-refractivity contribution in [2.75, 3.05) is 4.43 Å². The van der Waals surface area contributed by atoms with Crippen molar-refractivity contribution in [3.05, 3.63) is 71.8 Å². The number of hydrogen-bond donors (Lipinski definition) is 0. The van der Waals surface area contributed by atoms with E-state index in [1.165, 1.54) is 4.90 Å². The van der Waals surface area contributed by atoms with Crippen molar-refractivity contribution in [3.63, 3.8) is 0 Å². The summed E-state index contributed by atoms with van der Waals surface area (Å²) in [6.45, 7) is 1.84. The Bertz CT molecular complexity index is 753. The maximum Gasteiger partial charge on any atom is 0.414 e. The van der Waals surface area contributed by atoms with Crippen molar-refractivity contribution in [3.8, 4) is 0 Å². The molecule has 25 heavy (non-hydrogen) atoms. The van der Waals surface area contributed by atoms with Gasteiger partial charge in [-0.2, -0.15) is 0 Å². The second kappa shape index (κ2) is 7.43. The van der Waals surface area contributed by atoms with Crippen molar-refractivity contribution in [1.82, 2.24) is 4.90 Å². The summed E-state index contributed by atoms with van der Waals surface area (Å²) in [5, 5.41) is 0. The largest absolute Gasteiger partial charge is 0.444 e. The Morgan fingerprint density at radius 1 is 1.16 bits per heavy atom. The molecule has 2 aromatic rings. The Morgan fingerprint density at radius 3 is 2.36 bits per heavy atom. The van der Waals surface area contributed by atoms with Crippen molar-refractivity contribution in [2.45, 2.75) is 25.3 Å². The number of esters is 1. The first-order valence-corrected chi connectivity index (χ1v) is 9.41. The minimum absolute atomic E-state index is 0.142. The first kappa shape index (κ1) is 17.7. The minimum atomic E-state index is -1.06. The Balaban J connectivity index is 1.85. The van der Waals surface area contributed by atoms with Crippen molar-refractivity contribution >= 4 is 34.7 Å². The predicted molar refractivity (Wildman–Crippen MR) is 101 cm³/mol. The molecule has 2 atom stereocenters. The van der Waals surface area contributed by atoms with Gasteiger partial charge in [-0.3, -0.25) is 4.90 Å². The summed E-state index contributed by atoms with van der Waals surface area (Å²) in [6.07, 6.45) is -1.35. The fourth-order valence-corrected chi connectivity index (χ4v) is 3.36. The Morgan fingerprint density at radius 2 is 1.76 bits per heavy atom. The Kier molecular flexibility index (Phi) is 5.27. The molecule has 0 aromatic heterocycles. The lowest BCUT2D eigenvalue weighted by atomic mass is 10.0. The average Bonchev–Trinajstić information content (AvgIpc) is 2.93. The van der Waals surface area contributed by atoms with Crippen LogP contribution in [-0.4, -0.2) is 26.9 Å². The van der Waals surface area contributed by atoms with Crippen LogP contribution in [0.5, 0.6) is 0 Å². The van der Waals surface area contributed by atoms with Gasteiger partial charge in [0.15, 0.2) is 5.54 Å². The number of benzene rings is 2. The van der Waals surface area contributed by atoms with E-state index in [-0.39, 0.29) is 6.61 Å². The summed E-state index contributed by atoms with van der Waals surface area (Å²) in [6, 6.07) is 18.6. The molecule has 0 N–H and O–H groups in total. The van der Waals surface area contributed by atoms with Crippen LogP contribution in [0.25, 0.3) is 0 Å². The standard InChI is InChI=1S/C19H18INO4/c1-19(13-20)17(22)25-16(15-10-6-3-7-11-15)21(19)18(23)24-12-14-8-4-2-5-9-14/h2-11,16H,12-13H2,1H3/t16-,19?/m0/s1. The van der Waals surface area contributed by atoms with Crippen molar-refractivity contribution in [2.24, 2.45) is 0 Å². The van der Waals surface area contributed by atoms with Crippen molar-refractivity contribution < 1.29 is 19.1 Å². The molecule has 1 heterocycles.